The number of hydrogen-bond donors (Lipinski definition) is 1. The molecule has 1 unspecified atom stereocenters. The van der Waals surface area contributed by atoms with Gasteiger partial charge < -0.3 is 10.2 Å². The van der Waals surface area contributed by atoms with Crippen LogP contribution in [0, 0.1) is 0 Å². The van der Waals surface area contributed by atoms with Gasteiger partial charge in [-0.05, 0) is 31.0 Å². The molecule has 0 radical (unpaired) electrons. The zero-order chi connectivity index (χ0) is 17.7. The second kappa shape index (κ2) is 7.92. The van der Waals surface area contributed by atoms with Crippen molar-refractivity contribution in [3.05, 3.63) is 29.8 Å². The van der Waals surface area contributed by atoms with E-state index in [1.54, 1.807) is 11.0 Å². The Labute approximate surface area is 142 Å². The van der Waals surface area contributed by atoms with Crippen molar-refractivity contribution in [1.29, 1.82) is 0 Å². The minimum atomic E-state index is -4.40. The number of alkyl halides is 3. The maximum Gasteiger partial charge on any atom is 0.416 e. The highest BCUT2D eigenvalue weighted by Crippen LogP contribution is 2.32. The summed E-state index contributed by atoms with van der Waals surface area (Å²) < 4.78 is 38.2. The molecule has 4 nitrogen and oxygen atoms in total. The summed E-state index contributed by atoms with van der Waals surface area (Å²) in [6.07, 6.45) is -2.54. The van der Waals surface area contributed by atoms with Crippen LogP contribution in [0.1, 0.15) is 25.3 Å². The maximum atomic E-state index is 12.7. The van der Waals surface area contributed by atoms with Gasteiger partial charge in [0.05, 0.1) is 5.56 Å². The first kappa shape index (κ1) is 18.6. The van der Waals surface area contributed by atoms with Crippen LogP contribution in [0.4, 0.5) is 13.2 Å². The van der Waals surface area contributed by atoms with Crippen LogP contribution in [0.2, 0.25) is 0 Å². The van der Waals surface area contributed by atoms with E-state index in [0.717, 1.165) is 36.7 Å². The van der Waals surface area contributed by atoms with E-state index in [4.69, 9.17) is 0 Å². The molecule has 1 atom stereocenters. The lowest BCUT2D eigenvalue weighted by atomic mass is 10.2. The summed E-state index contributed by atoms with van der Waals surface area (Å²) in [5.74, 6) is -0.324. The van der Waals surface area contributed by atoms with E-state index in [1.165, 1.54) is 13.0 Å². The molecule has 1 saturated heterocycles. The van der Waals surface area contributed by atoms with E-state index in [-0.39, 0.29) is 17.6 Å². The monoisotopic (exact) mass is 360 g/mol. The molecule has 0 spiro atoms. The normalized spacial score (nSPS) is 16.1. The van der Waals surface area contributed by atoms with Gasteiger partial charge in [-0.25, -0.2) is 0 Å². The topological polar surface area (TPSA) is 49.4 Å². The number of nitrogens with one attached hydrogen (secondary N) is 1. The molecule has 1 fully saturated rings. The molecule has 0 bridgehead atoms. The Kier molecular flexibility index (Phi) is 6.15. The van der Waals surface area contributed by atoms with Gasteiger partial charge in [0.2, 0.25) is 11.8 Å². The summed E-state index contributed by atoms with van der Waals surface area (Å²) in [6, 6.07) is 4.21. The van der Waals surface area contributed by atoms with Crippen LogP contribution >= 0.6 is 11.8 Å². The molecule has 0 saturated carbocycles. The van der Waals surface area contributed by atoms with Crippen LogP contribution in [0.25, 0.3) is 0 Å². The standard InChI is InChI=1S/C16H19F3N2O2S/c1-11(22)20-14(15(23)21-7-2-3-8-21)10-24-13-6-4-5-12(9-13)16(17,18)19/h4-6,9,14H,2-3,7-8,10H2,1H3,(H,20,22). The Morgan fingerprint density at radius 3 is 2.54 bits per heavy atom. The molecule has 0 aliphatic carbocycles. The van der Waals surface area contributed by atoms with Gasteiger partial charge in [0.1, 0.15) is 6.04 Å². The number of carbonyl (C=O) groups is 2. The predicted molar refractivity (Wildman–Crippen MR) is 85.6 cm³/mol. The second-order valence-electron chi connectivity index (χ2n) is 5.62. The first-order valence-electron chi connectivity index (χ1n) is 7.63. The Morgan fingerprint density at radius 2 is 1.96 bits per heavy atom. The highest BCUT2D eigenvalue weighted by molar-refractivity contribution is 7.99. The molecule has 1 aliphatic heterocycles. The van der Waals surface area contributed by atoms with Crippen molar-refractivity contribution in [3.63, 3.8) is 0 Å². The molecule has 2 rings (SSSR count). The Hall–Kier alpha value is -1.70. The fraction of sp³-hybridized carbons (Fsp3) is 0.500. The second-order valence-corrected chi connectivity index (χ2v) is 6.72. The molecular weight excluding hydrogens is 341 g/mol. The summed E-state index contributed by atoms with van der Waals surface area (Å²) in [4.78, 5) is 25.9. The maximum absolute atomic E-state index is 12.7. The van der Waals surface area contributed by atoms with Crippen LogP contribution in [0.5, 0.6) is 0 Å². The molecular formula is C16H19F3N2O2S. The largest absolute Gasteiger partial charge is 0.416 e. The minimum absolute atomic E-state index is 0.179. The molecule has 1 aliphatic rings. The van der Waals surface area contributed by atoms with Crippen molar-refractivity contribution >= 4 is 23.6 Å². The molecule has 1 aromatic carbocycles. The SMILES string of the molecule is CC(=O)NC(CSc1cccc(C(F)(F)F)c1)C(=O)N1CCCC1. The fourth-order valence-corrected chi connectivity index (χ4v) is 3.49. The highest BCUT2D eigenvalue weighted by atomic mass is 32.2. The lowest BCUT2D eigenvalue weighted by Gasteiger charge is -2.23. The number of nitrogens with zero attached hydrogens (tertiary/aromatic N) is 1. The fourth-order valence-electron chi connectivity index (χ4n) is 2.52. The Morgan fingerprint density at radius 1 is 1.29 bits per heavy atom. The van der Waals surface area contributed by atoms with E-state index < -0.39 is 17.8 Å². The van der Waals surface area contributed by atoms with E-state index in [2.05, 4.69) is 5.32 Å². The number of amides is 2. The Bertz CT molecular complexity index is 601. The molecule has 0 aromatic heterocycles. The summed E-state index contributed by atoms with van der Waals surface area (Å²) in [5, 5.41) is 2.60. The van der Waals surface area contributed by atoms with E-state index in [9.17, 15) is 22.8 Å². The minimum Gasteiger partial charge on any atom is -0.344 e. The number of rotatable bonds is 5. The van der Waals surface area contributed by atoms with Crippen LogP contribution in [-0.4, -0.2) is 41.6 Å². The molecule has 8 heteroatoms. The van der Waals surface area contributed by atoms with Crippen molar-refractivity contribution in [2.75, 3.05) is 18.8 Å². The predicted octanol–water partition coefficient (Wildman–Crippen LogP) is 2.92. The van der Waals surface area contributed by atoms with Crippen molar-refractivity contribution < 1.29 is 22.8 Å². The van der Waals surface area contributed by atoms with Crippen LogP contribution in [0.3, 0.4) is 0 Å². The van der Waals surface area contributed by atoms with E-state index in [0.29, 0.717) is 18.0 Å². The van der Waals surface area contributed by atoms with Gasteiger partial charge in [0.15, 0.2) is 0 Å². The average Bonchev–Trinajstić information content (AvgIpc) is 3.04. The number of carbonyl (C=O) groups excluding carboxylic acids is 2. The zero-order valence-electron chi connectivity index (χ0n) is 13.2. The summed E-state index contributed by atoms with van der Waals surface area (Å²) in [7, 11) is 0. The van der Waals surface area contributed by atoms with Gasteiger partial charge in [0.25, 0.3) is 0 Å². The summed E-state index contributed by atoms with van der Waals surface area (Å²) in [5.41, 5.74) is -0.727. The van der Waals surface area contributed by atoms with Crippen LogP contribution in [0.15, 0.2) is 29.2 Å². The number of halogens is 3. The summed E-state index contributed by atoms with van der Waals surface area (Å²) in [6.45, 7) is 2.63. The number of benzene rings is 1. The van der Waals surface area contributed by atoms with Gasteiger partial charge >= 0.3 is 6.18 Å². The smallest absolute Gasteiger partial charge is 0.344 e. The molecule has 1 N–H and O–H groups in total. The van der Waals surface area contributed by atoms with Crippen LogP contribution in [-0.2, 0) is 15.8 Å². The van der Waals surface area contributed by atoms with Crippen LogP contribution < -0.4 is 5.32 Å². The molecule has 1 aromatic rings. The van der Waals surface area contributed by atoms with Crippen molar-refractivity contribution in [3.8, 4) is 0 Å². The number of likely N-dealkylation sites (tertiary alicyclic amines) is 1. The van der Waals surface area contributed by atoms with Gasteiger partial charge in [-0.15, -0.1) is 11.8 Å². The third kappa shape index (κ3) is 5.15. The average molecular weight is 360 g/mol. The van der Waals surface area contributed by atoms with Gasteiger partial charge in [-0.1, -0.05) is 6.07 Å². The van der Waals surface area contributed by atoms with Crippen molar-refractivity contribution in [1.82, 2.24) is 10.2 Å². The van der Waals surface area contributed by atoms with Gasteiger partial charge in [-0.2, -0.15) is 13.2 Å². The zero-order valence-corrected chi connectivity index (χ0v) is 14.0. The lowest BCUT2D eigenvalue weighted by Crippen LogP contribution is -2.48. The number of hydrogen-bond acceptors (Lipinski definition) is 3. The van der Waals surface area contributed by atoms with Crippen molar-refractivity contribution in [2.24, 2.45) is 0 Å². The lowest BCUT2D eigenvalue weighted by molar-refractivity contribution is -0.137. The third-order valence-corrected chi connectivity index (χ3v) is 4.76. The van der Waals surface area contributed by atoms with Gasteiger partial charge in [-0.3, -0.25) is 9.59 Å². The first-order valence-corrected chi connectivity index (χ1v) is 8.62. The van der Waals surface area contributed by atoms with E-state index in [1.807, 2.05) is 0 Å². The number of thioether (sulfide) groups is 1. The third-order valence-electron chi connectivity index (χ3n) is 3.67. The molecule has 2 amide bonds. The summed E-state index contributed by atoms with van der Waals surface area (Å²) >= 11 is 1.13. The van der Waals surface area contributed by atoms with Gasteiger partial charge in [0, 0.05) is 30.7 Å². The molecule has 1 heterocycles. The quantitative estimate of drug-likeness (QED) is 0.822. The molecule has 24 heavy (non-hydrogen) atoms. The van der Waals surface area contributed by atoms with Crippen molar-refractivity contribution in [2.45, 2.75) is 36.9 Å². The molecule has 132 valence electrons. The Balaban J connectivity index is 2.04. The van der Waals surface area contributed by atoms with E-state index >= 15 is 0 Å². The first-order chi connectivity index (χ1) is 11.3. The highest BCUT2D eigenvalue weighted by Gasteiger charge is 2.31.